The van der Waals surface area contributed by atoms with Crippen molar-refractivity contribution in [1.82, 2.24) is 0 Å². The number of benzene rings is 3. The summed E-state index contributed by atoms with van der Waals surface area (Å²) in [5.74, 6) is -1.55. The molecule has 0 aromatic heterocycles. The van der Waals surface area contributed by atoms with E-state index in [1.807, 2.05) is 0 Å². The van der Waals surface area contributed by atoms with Crippen molar-refractivity contribution in [1.29, 1.82) is 0 Å². The van der Waals surface area contributed by atoms with Gasteiger partial charge in [-0.05, 0) is 24.3 Å². The average molecular weight is 365 g/mol. The lowest BCUT2D eigenvalue weighted by molar-refractivity contribution is -0.384. The lowest BCUT2D eigenvalue weighted by atomic mass is 9.92. The number of nitro groups is 1. The summed E-state index contributed by atoms with van der Waals surface area (Å²) in [5.41, 5.74) is -0.316. The van der Waals surface area contributed by atoms with E-state index in [0.717, 1.165) is 12.1 Å². The van der Waals surface area contributed by atoms with Crippen LogP contribution in [0.1, 0.15) is 0 Å². The fraction of sp³-hybridized carbons (Fsp3) is 0. The van der Waals surface area contributed by atoms with Gasteiger partial charge in [0.25, 0.3) is 5.69 Å². The molecule has 0 saturated heterocycles. The van der Waals surface area contributed by atoms with Gasteiger partial charge < -0.3 is 19.7 Å². The molecule has 0 fully saturated rings. The number of nitrogens with zero attached hydrogens (tertiary/aromatic N) is 1. The summed E-state index contributed by atoms with van der Waals surface area (Å²) in [4.78, 5) is 22.8. The van der Waals surface area contributed by atoms with Gasteiger partial charge in [0.2, 0.25) is 11.2 Å². The van der Waals surface area contributed by atoms with E-state index in [1.54, 1.807) is 6.07 Å². The molecule has 8 heteroatoms. The Kier molecular flexibility index (Phi) is 3.48. The molecule has 27 heavy (non-hydrogen) atoms. The summed E-state index contributed by atoms with van der Waals surface area (Å²) in [5, 5.41) is 41.6. The molecule has 1 heterocycles. The topological polar surface area (TPSA) is 134 Å². The fourth-order valence-corrected chi connectivity index (χ4v) is 3.08. The Bertz CT molecular complexity index is 1260. The number of rotatable bonds is 2. The molecule has 0 radical (unpaired) electrons. The van der Waals surface area contributed by atoms with Gasteiger partial charge >= 0.3 is 0 Å². The van der Waals surface area contributed by atoms with E-state index in [2.05, 4.69) is 0 Å². The fourth-order valence-electron chi connectivity index (χ4n) is 3.08. The van der Waals surface area contributed by atoms with E-state index in [4.69, 9.17) is 4.42 Å². The van der Waals surface area contributed by atoms with Gasteiger partial charge in [-0.3, -0.25) is 14.9 Å². The Hall–Kier alpha value is -4.07. The van der Waals surface area contributed by atoms with E-state index in [-0.39, 0.29) is 39.1 Å². The number of phenols is 3. The third-order valence-corrected chi connectivity index (χ3v) is 4.29. The number of aromatic hydroxyl groups is 3. The summed E-state index contributed by atoms with van der Waals surface area (Å²) < 4.78 is 5.57. The first kappa shape index (κ1) is 16.4. The highest BCUT2D eigenvalue weighted by Crippen LogP contribution is 2.47. The average Bonchev–Trinajstić information content (AvgIpc) is 2.64. The zero-order valence-electron chi connectivity index (χ0n) is 13.5. The molecule has 4 rings (SSSR count). The van der Waals surface area contributed by atoms with E-state index in [0.29, 0.717) is 0 Å². The molecule has 2 aromatic carbocycles. The maximum Gasteiger partial charge on any atom is 0.277 e. The molecule has 2 aromatic rings. The number of nitro benzene ring substituents is 1. The normalized spacial score (nSPS) is 11.1. The van der Waals surface area contributed by atoms with Crippen LogP contribution in [0.3, 0.4) is 0 Å². The molecule has 8 nitrogen and oxygen atoms in total. The minimum atomic E-state index is -0.709. The monoisotopic (exact) mass is 365 g/mol. The van der Waals surface area contributed by atoms with Crippen LogP contribution in [0.4, 0.5) is 5.69 Å². The quantitative estimate of drug-likeness (QED) is 0.214. The van der Waals surface area contributed by atoms with Crippen LogP contribution in [0, 0.1) is 10.1 Å². The molecule has 0 bridgehead atoms. The Labute approximate surface area is 150 Å². The van der Waals surface area contributed by atoms with Crippen LogP contribution in [0.15, 0.2) is 57.7 Å². The van der Waals surface area contributed by atoms with Crippen LogP contribution in [-0.4, -0.2) is 20.2 Å². The van der Waals surface area contributed by atoms with Crippen molar-refractivity contribution in [2.75, 3.05) is 0 Å². The predicted molar refractivity (Wildman–Crippen MR) is 96.2 cm³/mol. The van der Waals surface area contributed by atoms with Gasteiger partial charge in [-0.15, -0.1) is 0 Å². The first-order valence-corrected chi connectivity index (χ1v) is 7.76. The van der Waals surface area contributed by atoms with Crippen molar-refractivity contribution < 1.29 is 24.7 Å². The second kappa shape index (κ2) is 5.73. The second-order valence-corrected chi connectivity index (χ2v) is 5.88. The summed E-state index contributed by atoms with van der Waals surface area (Å²) in [6.45, 7) is 0. The van der Waals surface area contributed by atoms with Crippen LogP contribution >= 0.6 is 0 Å². The van der Waals surface area contributed by atoms with Crippen LogP contribution < -0.4 is 5.43 Å². The van der Waals surface area contributed by atoms with E-state index >= 15 is 0 Å². The molecule has 1 aliphatic carbocycles. The van der Waals surface area contributed by atoms with Crippen molar-refractivity contribution in [3.63, 3.8) is 0 Å². The molecule has 134 valence electrons. The summed E-state index contributed by atoms with van der Waals surface area (Å²) in [7, 11) is 0. The van der Waals surface area contributed by atoms with E-state index < -0.39 is 27.6 Å². The highest BCUT2D eigenvalue weighted by molar-refractivity contribution is 6.06. The van der Waals surface area contributed by atoms with Crippen LogP contribution in [-0.2, 0) is 0 Å². The van der Waals surface area contributed by atoms with Crippen molar-refractivity contribution in [3.8, 4) is 39.7 Å². The van der Waals surface area contributed by atoms with Crippen molar-refractivity contribution >= 4 is 16.7 Å². The Morgan fingerprint density at radius 2 is 1.67 bits per heavy atom. The van der Waals surface area contributed by atoms with Gasteiger partial charge in [0.05, 0.1) is 10.5 Å². The SMILES string of the molecule is O=c1cc2oc3c(O)c(O)ccc3c(-c3ccccc3[N+](=O)[O-])c-2cc1O. The molecular formula is C19H11NO7. The van der Waals surface area contributed by atoms with Crippen molar-refractivity contribution in [3.05, 3.63) is 68.9 Å². The lowest BCUT2D eigenvalue weighted by Gasteiger charge is -2.16. The molecule has 3 N–H and O–H groups in total. The van der Waals surface area contributed by atoms with Gasteiger partial charge in [0.1, 0.15) is 5.76 Å². The molecule has 1 aliphatic heterocycles. The maximum atomic E-state index is 11.8. The minimum Gasteiger partial charge on any atom is -0.504 e. The molecule has 0 unspecified atom stereocenters. The molecule has 0 spiro atoms. The standard InChI is InChI=1S/C19H11NO7/c21-13-6-5-10-17(9-3-1-2-4-12(9)20(25)26)11-7-14(22)15(23)8-16(11)27-19(10)18(13)24/h1-8,21-22,24H. The van der Waals surface area contributed by atoms with Crippen LogP contribution in [0.5, 0.6) is 17.2 Å². The summed E-state index contributed by atoms with van der Waals surface area (Å²) in [6, 6.07) is 10.8. The Morgan fingerprint density at radius 1 is 0.926 bits per heavy atom. The van der Waals surface area contributed by atoms with E-state index in [1.165, 1.54) is 30.3 Å². The van der Waals surface area contributed by atoms with Gasteiger partial charge in [-0.2, -0.15) is 0 Å². The zero-order valence-corrected chi connectivity index (χ0v) is 13.5. The van der Waals surface area contributed by atoms with Crippen LogP contribution in [0.2, 0.25) is 0 Å². The van der Waals surface area contributed by atoms with Crippen molar-refractivity contribution in [2.24, 2.45) is 0 Å². The van der Waals surface area contributed by atoms with Gasteiger partial charge in [0.15, 0.2) is 17.1 Å². The summed E-state index contributed by atoms with van der Waals surface area (Å²) >= 11 is 0. The third kappa shape index (κ3) is 2.43. The van der Waals surface area contributed by atoms with Crippen LogP contribution in [0.25, 0.3) is 33.4 Å². The van der Waals surface area contributed by atoms with Gasteiger partial charge in [-0.1, -0.05) is 12.1 Å². The summed E-state index contributed by atoms with van der Waals surface area (Å²) in [6.07, 6.45) is 0. The smallest absolute Gasteiger partial charge is 0.277 e. The predicted octanol–water partition coefficient (Wildman–Crippen LogP) is 3.59. The Balaban J connectivity index is 2.28. The number of hydrogen-bond donors (Lipinski definition) is 3. The Morgan fingerprint density at radius 3 is 2.41 bits per heavy atom. The van der Waals surface area contributed by atoms with E-state index in [9.17, 15) is 30.2 Å². The second-order valence-electron chi connectivity index (χ2n) is 5.88. The minimum absolute atomic E-state index is 0.000601. The molecule has 0 saturated carbocycles. The van der Waals surface area contributed by atoms with Gasteiger partial charge in [0, 0.05) is 28.6 Å². The molecule has 2 aliphatic rings. The number of para-hydroxylation sites is 1. The number of fused-ring (bicyclic) bond motifs is 2. The number of phenolic OH excluding ortho intramolecular Hbond substituents is 3. The maximum absolute atomic E-state index is 11.8. The highest BCUT2D eigenvalue weighted by Gasteiger charge is 2.26. The molecule has 0 amide bonds. The number of hydrogen-bond acceptors (Lipinski definition) is 7. The molecule has 0 atom stereocenters. The first-order chi connectivity index (χ1) is 12.9. The van der Waals surface area contributed by atoms with Gasteiger partial charge in [-0.25, -0.2) is 0 Å². The third-order valence-electron chi connectivity index (χ3n) is 4.29. The van der Waals surface area contributed by atoms with Crippen molar-refractivity contribution in [2.45, 2.75) is 0 Å². The highest BCUT2D eigenvalue weighted by atomic mass is 16.6. The first-order valence-electron chi connectivity index (χ1n) is 7.76. The largest absolute Gasteiger partial charge is 0.504 e. The molecular weight excluding hydrogens is 354 g/mol. The lowest BCUT2D eigenvalue weighted by Crippen LogP contribution is -2.02. The zero-order chi connectivity index (χ0) is 19.3.